The Hall–Kier alpha value is -1.05. The minimum Gasteiger partial charge on any atom is -0.330 e. The van der Waals surface area contributed by atoms with E-state index in [0.29, 0.717) is 5.92 Å². The molecular formula is C10H12N2. The summed E-state index contributed by atoms with van der Waals surface area (Å²) in [5.74, 6) is 1.95. The number of allylic oxidation sites excluding steroid dienone is 2. The van der Waals surface area contributed by atoms with Gasteiger partial charge in [0.1, 0.15) is 5.82 Å². The van der Waals surface area contributed by atoms with E-state index in [9.17, 15) is 0 Å². The van der Waals surface area contributed by atoms with Gasteiger partial charge in [0.2, 0.25) is 0 Å². The van der Waals surface area contributed by atoms with Crippen LogP contribution in [0.1, 0.15) is 31.0 Å². The average molecular weight is 160 g/mol. The predicted octanol–water partition coefficient (Wildman–Crippen LogP) is 2.09. The molecule has 2 heterocycles. The van der Waals surface area contributed by atoms with Crippen LogP contribution in [-0.4, -0.2) is 9.55 Å². The quantitative estimate of drug-likeness (QED) is 0.531. The Bertz CT molecular complexity index is 335. The average Bonchev–Trinajstić information content (AvgIpc) is 2.62. The topological polar surface area (TPSA) is 17.8 Å². The Labute approximate surface area is 71.9 Å². The van der Waals surface area contributed by atoms with Crippen LogP contribution in [0.25, 0.3) is 0 Å². The normalized spacial score (nSPS) is 26.3. The van der Waals surface area contributed by atoms with E-state index in [1.807, 2.05) is 6.20 Å². The number of aromatic nitrogens is 2. The molecule has 3 rings (SSSR count). The zero-order valence-corrected chi connectivity index (χ0v) is 7.03. The molecule has 1 atom stereocenters. The van der Waals surface area contributed by atoms with Crippen LogP contribution in [0.4, 0.5) is 0 Å². The van der Waals surface area contributed by atoms with Gasteiger partial charge in [0, 0.05) is 24.9 Å². The second-order valence-corrected chi connectivity index (χ2v) is 3.68. The molecule has 0 bridgehead atoms. The lowest BCUT2D eigenvalue weighted by molar-refractivity contribution is 0.624. The van der Waals surface area contributed by atoms with E-state index in [1.54, 1.807) is 5.57 Å². The van der Waals surface area contributed by atoms with Crippen molar-refractivity contribution in [2.75, 3.05) is 0 Å². The van der Waals surface area contributed by atoms with Crippen molar-refractivity contribution in [2.24, 2.45) is 0 Å². The Morgan fingerprint density at radius 3 is 3.50 bits per heavy atom. The minimum atomic E-state index is 0.661. The fourth-order valence-corrected chi connectivity index (χ4v) is 2.37. The summed E-state index contributed by atoms with van der Waals surface area (Å²) in [4.78, 5) is 4.40. The van der Waals surface area contributed by atoms with Gasteiger partial charge in [0.15, 0.2) is 0 Å². The van der Waals surface area contributed by atoms with E-state index in [2.05, 4.69) is 21.8 Å². The van der Waals surface area contributed by atoms with Crippen LogP contribution in [-0.2, 0) is 6.54 Å². The monoisotopic (exact) mass is 160 g/mol. The molecular weight excluding hydrogens is 148 g/mol. The summed E-state index contributed by atoms with van der Waals surface area (Å²) >= 11 is 0. The van der Waals surface area contributed by atoms with Crippen molar-refractivity contribution in [1.29, 1.82) is 0 Å². The van der Waals surface area contributed by atoms with Gasteiger partial charge in [-0.25, -0.2) is 4.98 Å². The Balaban J connectivity index is 2.10. The van der Waals surface area contributed by atoms with E-state index in [-0.39, 0.29) is 0 Å². The summed E-state index contributed by atoms with van der Waals surface area (Å²) in [6.07, 6.45) is 10.3. The molecule has 0 N–H and O–H groups in total. The minimum absolute atomic E-state index is 0.661. The molecule has 0 radical (unpaired) electrons. The zero-order chi connectivity index (χ0) is 7.97. The molecule has 1 aromatic rings. The molecule has 0 amide bonds. The van der Waals surface area contributed by atoms with Gasteiger partial charge in [0.25, 0.3) is 0 Å². The van der Waals surface area contributed by atoms with Crippen LogP contribution in [0, 0.1) is 0 Å². The van der Waals surface area contributed by atoms with Gasteiger partial charge in [-0.05, 0) is 24.8 Å². The van der Waals surface area contributed by atoms with Crippen molar-refractivity contribution >= 4 is 0 Å². The fraction of sp³-hybridized carbons (Fsp3) is 0.500. The van der Waals surface area contributed by atoms with Crippen molar-refractivity contribution < 1.29 is 0 Å². The molecule has 0 spiro atoms. The molecule has 0 saturated carbocycles. The summed E-state index contributed by atoms with van der Waals surface area (Å²) in [6, 6.07) is 0. The molecule has 1 unspecified atom stereocenters. The van der Waals surface area contributed by atoms with Crippen molar-refractivity contribution in [3.63, 3.8) is 0 Å². The maximum atomic E-state index is 4.40. The molecule has 1 aliphatic heterocycles. The second kappa shape index (κ2) is 2.22. The highest BCUT2D eigenvalue weighted by molar-refractivity contribution is 5.27. The fourth-order valence-electron chi connectivity index (χ4n) is 2.37. The van der Waals surface area contributed by atoms with Crippen molar-refractivity contribution in [3.8, 4) is 0 Å². The van der Waals surface area contributed by atoms with Gasteiger partial charge < -0.3 is 4.57 Å². The van der Waals surface area contributed by atoms with E-state index >= 15 is 0 Å². The Morgan fingerprint density at radius 1 is 1.50 bits per heavy atom. The number of rotatable bonds is 0. The first-order valence-corrected chi connectivity index (χ1v) is 4.65. The molecule has 12 heavy (non-hydrogen) atoms. The third-order valence-corrected chi connectivity index (χ3v) is 2.96. The molecule has 2 aliphatic rings. The van der Waals surface area contributed by atoms with E-state index in [4.69, 9.17) is 0 Å². The van der Waals surface area contributed by atoms with Crippen molar-refractivity contribution in [3.05, 3.63) is 29.9 Å². The summed E-state index contributed by atoms with van der Waals surface area (Å²) in [5, 5.41) is 0. The third kappa shape index (κ3) is 0.724. The summed E-state index contributed by atoms with van der Waals surface area (Å²) in [6.45, 7) is 1.10. The zero-order valence-electron chi connectivity index (χ0n) is 7.03. The smallest absolute Gasteiger partial charge is 0.116 e. The summed E-state index contributed by atoms with van der Waals surface area (Å²) in [5.41, 5.74) is 1.60. The number of hydrogen-bond acceptors (Lipinski definition) is 1. The first-order chi connectivity index (χ1) is 5.95. The third-order valence-electron chi connectivity index (χ3n) is 2.96. The summed E-state index contributed by atoms with van der Waals surface area (Å²) in [7, 11) is 0. The molecule has 1 aliphatic carbocycles. The van der Waals surface area contributed by atoms with Gasteiger partial charge in [-0.15, -0.1) is 0 Å². The molecule has 2 heteroatoms. The van der Waals surface area contributed by atoms with Crippen LogP contribution in [0.2, 0.25) is 0 Å². The Kier molecular flexibility index (Phi) is 1.20. The molecule has 0 saturated heterocycles. The Morgan fingerprint density at radius 2 is 2.50 bits per heavy atom. The lowest BCUT2D eigenvalue weighted by Crippen LogP contribution is -2.02. The van der Waals surface area contributed by atoms with Crippen LogP contribution in [0.3, 0.4) is 0 Å². The molecule has 0 fully saturated rings. The van der Waals surface area contributed by atoms with E-state index in [0.717, 1.165) is 6.54 Å². The van der Waals surface area contributed by atoms with Crippen molar-refractivity contribution in [2.45, 2.75) is 31.7 Å². The molecule has 1 aromatic heterocycles. The highest BCUT2D eigenvalue weighted by Gasteiger charge is 2.29. The maximum absolute atomic E-state index is 4.40. The van der Waals surface area contributed by atoms with Gasteiger partial charge in [-0.3, -0.25) is 0 Å². The highest BCUT2D eigenvalue weighted by Crippen LogP contribution is 2.38. The van der Waals surface area contributed by atoms with Crippen LogP contribution in [0.5, 0.6) is 0 Å². The van der Waals surface area contributed by atoms with Crippen LogP contribution >= 0.6 is 0 Å². The lowest BCUT2D eigenvalue weighted by atomic mass is 9.89. The first kappa shape index (κ1) is 6.46. The van der Waals surface area contributed by atoms with Gasteiger partial charge in [-0.1, -0.05) is 6.08 Å². The van der Waals surface area contributed by atoms with Gasteiger partial charge in [0.05, 0.1) is 0 Å². The van der Waals surface area contributed by atoms with Gasteiger partial charge in [-0.2, -0.15) is 0 Å². The molecule has 0 aromatic carbocycles. The number of fused-ring (bicyclic) bond motifs is 3. The lowest BCUT2D eigenvalue weighted by Gasteiger charge is -2.14. The first-order valence-electron chi connectivity index (χ1n) is 4.65. The van der Waals surface area contributed by atoms with Crippen LogP contribution in [0.15, 0.2) is 24.0 Å². The number of hydrogen-bond donors (Lipinski definition) is 0. The maximum Gasteiger partial charge on any atom is 0.116 e. The van der Waals surface area contributed by atoms with Crippen molar-refractivity contribution in [1.82, 2.24) is 9.55 Å². The summed E-state index contributed by atoms with van der Waals surface area (Å²) < 4.78 is 2.28. The number of imidazole rings is 1. The van der Waals surface area contributed by atoms with E-state index < -0.39 is 0 Å². The molecule has 62 valence electrons. The highest BCUT2D eigenvalue weighted by atomic mass is 15.1. The SMILES string of the molecule is C1=C2Cn3ccnc3C2CCC1. The molecule has 2 nitrogen and oxygen atoms in total. The van der Waals surface area contributed by atoms with Crippen LogP contribution < -0.4 is 0 Å². The second-order valence-electron chi connectivity index (χ2n) is 3.68. The predicted molar refractivity (Wildman–Crippen MR) is 46.9 cm³/mol. The number of nitrogens with zero attached hydrogens (tertiary/aromatic N) is 2. The van der Waals surface area contributed by atoms with E-state index in [1.165, 1.54) is 25.1 Å². The standard InChI is InChI=1S/C10H12N2/c1-2-4-9-8(3-1)7-12-6-5-11-10(9)12/h3,5-6,9H,1-2,4,7H2. The van der Waals surface area contributed by atoms with Gasteiger partial charge >= 0.3 is 0 Å². The largest absolute Gasteiger partial charge is 0.330 e.